The van der Waals surface area contributed by atoms with Gasteiger partial charge in [0.15, 0.2) is 11.5 Å². The largest absolute Gasteiger partial charge is 0.382 e. The number of hydrogen-bond acceptors (Lipinski definition) is 8. The third-order valence-corrected chi connectivity index (χ3v) is 8.52. The lowest BCUT2D eigenvalue weighted by atomic mass is 10.0. The van der Waals surface area contributed by atoms with Crippen molar-refractivity contribution in [1.82, 2.24) is 38.6 Å². The zero-order chi connectivity index (χ0) is 36.2. The second kappa shape index (κ2) is 17.6. The van der Waals surface area contributed by atoms with E-state index >= 15 is 0 Å². The summed E-state index contributed by atoms with van der Waals surface area (Å²) in [6.45, 7) is 5.06. The third-order valence-electron chi connectivity index (χ3n) is 8.52. The number of nitrogen functional groups attached to an aromatic ring is 1. The smallest absolute Gasteiger partial charge is 0.328 e. The molecule has 0 fully saturated rings. The highest BCUT2D eigenvalue weighted by atomic mass is 16.2. The molecule has 0 atom stereocenters. The molecular weight excluding hydrogens is 646 g/mol. The van der Waals surface area contributed by atoms with Gasteiger partial charge >= 0.3 is 11.4 Å². The van der Waals surface area contributed by atoms with Gasteiger partial charge < -0.3 is 19.4 Å². The number of hydrogen-bond donors (Lipinski definition) is 3. The predicted molar refractivity (Wildman–Crippen MR) is 197 cm³/mol. The summed E-state index contributed by atoms with van der Waals surface area (Å²) in [5.74, 6) is 13.6. The molecule has 0 saturated heterocycles. The molecule has 0 amide bonds. The quantitative estimate of drug-likeness (QED) is 0.116. The van der Waals surface area contributed by atoms with Crippen molar-refractivity contribution in [3.63, 3.8) is 0 Å². The molecule has 4 N–H and O–H groups in total. The van der Waals surface area contributed by atoms with Crippen LogP contribution in [-0.2, 0) is 19.6 Å². The van der Waals surface area contributed by atoms with Gasteiger partial charge in [-0.05, 0) is 63.3 Å². The highest BCUT2D eigenvalue weighted by molar-refractivity contribution is 5.81. The molecule has 0 unspecified atom stereocenters. The van der Waals surface area contributed by atoms with E-state index in [2.05, 4.69) is 60.7 Å². The first-order valence-corrected chi connectivity index (χ1v) is 17.3. The van der Waals surface area contributed by atoms with E-state index in [-0.39, 0.29) is 22.5 Å². The van der Waals surface area contributed by atoms with Gasteiger partial charge in [0.1, 0.15) is 11.8 Å². The minimum Gasteiger partial charge on any atom is -0.382 e. The first-order valence-electron chi connectivity index (χ1n) is 17.3. The standard InChI is InChI=1S/C38H43N9O4/c1-27-22-45(37(50)43-35(27)48)17-13-9-5-3-7-11-15-29-19-30(21-31(20-29)24-47-26-42-32-33(39)40-25-41-34(32)47)16-12-8-4-6-10-14-18-46-23-28(2)36(49)44-38(46)51/h19-23,25-26H,3-10,13-14,17-18,24H2,1-2H3,(H2,39,40,41)(H,43,48,50)(H,44,49,51). The van der Waals surface area contributed by atoms with Gasteiger partial charge in [0.05, 0.1) is 12.9 Å². The van der Waals surface area contributed by atoms with Gasteiger partial charge in [-0.2, -0.15) is 0 Å². The number of nitrogens with two attached hydrogens (primary N) is 1. The molecule has 51 heavy (non-hydrogen) atoms. The number of aryl methyl sites for hydroxylation is 4. The molecule has 5 aromatic rings. The minimum atomic E-state index is -0.369. The van der Waals surface area contributed by atoms with Crippen molar-refractivity contribution in [3.8, 4) is 23.7 Å². The summed E-state index contributed by atoms with van der Waals surface area (Å²) in [5.41, 5.74) is 9.65. The second-order valence-electron chi connectivity index (χ2n) is 12.7. The SMILES string of the molecule is Cc1cn(CCCCCCC#Cc2cc(C#CCCCCCCn3cc(C)c(=O)[nH]c3=O)cc(Cn3cnc4c(N)ncnc43)c2)c(=O)[nH]c1=O. The Morgan fingerprint density at radius 2 is 1.20 bits per heavy atom. The number of imidazole rings is 1. The zero-order valence-corrected chi connectivity index (χ0v) is 29.1. The molecule has 4 aromatic heterocycles. The lowest BCUT2D eigenvalue weighted by Crippen LogP contribution is -2.30. The molecule has 0 saturated carbocycles. The molecule has 0 bridgehead atoms. The van der Waals surface area contributed by atoms with Crippen LogP contribution in [0.3, 0.4) is 0 Å². The molecule has 0 aliphatic rings. The van der Waals surface area contributed by atoms with E-state index in [1.54, 1.807) is 41.7 Å². The van der Waals surface area contributed by atoms with Gasteiger partial charge in [0, 0.05) is 60.6 Å². The Labute approximate surface area is 295 Å². The van der Waals surface area contributed by atoms with Crippen molar-refractivity contribution >= 4 is 17.0 Å². The first-order chi connectivity index (χ1) is 24.7. The van der Waals surface area contributed by atoms with E-state index in [1.165, 1.54) is 6.33 Å². The van der Waals surface area contributed by atoms with Crippen LogP contribution in [0.4, 0.5) is 5.82 Å². The molecule has 264 valence electrons. The number of aromatic amines is 2. The van der Waals surface area contributed by atoms with E-state index in [1.807, 2.05) is 10.6 Å². The first kappa shape index (κ1) is 36.3. The van der Waals surface area contributed by atoms with Crippen LogP contribution in [0.15, 0.2) is 62.4 Å². The molecule has 4 heterocycles. The van der Waals surface area contributed by atoms with Gasteiger partial charge in [0.25, 0.3) is 11.1 Å². The maximum Gasteiger partial charge on any atom is 0.328 e. The van der Waals surface area contributed by atoms with Crippen molar-refractivity contribution in [1.29, 1.82) is 0 Å². The number of benzene rings is 1. The Morgan fingerprint density at radius 3 is 1.75 bits per heavy atom. The van der Waals surface area contributed by atoms with Crippen molar-refractivity contribution in [2.45, 2.75) is 97.7 Å². The number of aromatic nitrogens is 8. The highest BCUT2D eigenvalue weighted by Crippen LogP contribution is 2.18. The lowest BCUT2D eigenvalue weighted by Gasteiger charge is -2.06. The maximum absolute atomic E-state index is 12.0. The molecular formula is C38H43N9O4. The van der Waals surface area contributed by atoms with Gasteiger partial charge in [-0.15, -0.1) is 0 Å². The fraction of sp³-hybridized carbons (Fsp3) is 0.395. The number of fused-ring (bicyclic) bond motifs is 1. The van der Waals surface area contributed by atoms with Gasteiger partial charge in [-0.25, -0.2) is 24.5 Å². The van der Waals surface area contributed by atoms with E-state index in [9.17, 15) is 19.2 Å². The van der Waals surface area contributed by atoms with Crippen LogP contribution in [0.1, 0.15) is 92.0 Å². The second-order valence-corrected chi connectivity index (χ2v) is 12.7. The summed E-state index contributed by atoms with van der Waals surface area (Å²) in [6.07, 6.45) is 15.4. The number of nitrogens with one attached hydrogen (secondary N) is 2. The fourth-order valence-electron chi connectivity index (χ4n) is 5.74. The average Bonchev–Trinajstić information content (AvgIpc) is 3.51. The van der Waals surface area contributed by atoms with Crippen molar-refractivity contribution < 1.29 is 0 Å². The van der Waals surface area contributed by atoms with Crippen molar-refractivity contribution in [2.75, 3.05) is 5.73 Å². The number of H-pyrrole nitrogens is 2. The van der Waals surface area contributed by atoms with E-state index in [4.69, 9.17) is 5.73 Å². The molecule has 13 heteroatoms. The Bertz CT molecular complexity index is 2240. The molecule has 5 rings (SSSR count). The topological polar surface area (TPSA) is 179 Å². The van der Waals surface area contributed by atoms with Crippen LogP contribution in [0.2, 0.25) is 0 Å². The summed E-state index contributed by atoms with van der Waals surface area (Å²) >= 11 is 0. The van der Waals surface area contributed by atoms with Gasteiger partial charge in [0.2, 0.25) is 0 Å². The van der Waals surface area contributed by atoms with Crippen LogP contribution in [0.25, 0.3) is 11.2 Å². The molecule has 1 aromatic carbocycles. The summed E-state index contributed by atoms with van der Waals surface area (Å²) in [4.78, 5) is 64.6. The normalized spacial score (nSPS) is 10.9. The average molecular weight is 690 g/mol. The van der Waals surface area contributed by atoms with Crippen LogP contribution < -0.4 is 28.2 Å². The van der Waals surface area contributed by atoms with Gasteiger partial charge in [-0.3, -0.25) is 19.6 Å². The van der Waals surface area contributed by atoms with Crippen LogP contribution in [0, 0.1) is 37.5 Å². The molecule has 0 radical (unpaired) electrons. The summed E-state index contributed by atoms with van der Waals surface area (Å²) in [7, 11) is 0. The summed E-state index contributed by atoms with van der Waals surface area (Å²) < 4.78 is 5.05. The predicted octanol–water partition coefficient (Wildman–Crippen LogP) is 3.78. The Morgan fingerprint density at radius 1 is 0.667 bits per heavy atom. The van der Waals surface area contributed by atoms with E-state index in [0.717, 1.165) is 80.9 Å². The Balaban J connectivity index is 1.15. The van der Waals surface area contributed by atoms with E-state index < -0.39 is 0 Å². The molecule has 0 spiro atoms. The van der Waals surface area contributed by atoms with Crippen LogP contribution in [-0.4, -0.2) is 38.6 Å². The maximum atomic E-state index is 12.0. The number of anilines is 1. The summed E-state index contributed by atoms with van der Waals surface area (Å²) in [6, 6.07) is 6.14. The Kier molecular flexibility index (Phi) is 12.6. The van der Waals surface area contributed by atoms with Crippen LogP contribution >= 0.6 is 0 Å². The lowest BCUT2D eigenvalue weighted by molar-refractivity contribution is 0.553. The number of nitrogens with zero attached hydrogens (tertiary/aromatic N) is 6. The van der Waals surface area contributed by atoms with Crippen LogP contribution in [0.5, 0.6) is 0 Å². The molecule has 0 aliphatic carbocycles. The van der Waals surface area contributed by atoms with E-state index in [0.29, 0.717) is 47.7 Å². The third kappa shape index (κ3) is 10.3. The minimum absolute atomic E-state index is 0.339. The summed E-state index contributed by atoms with van der Waals surface area (Å²) in [5, 5.41) is 0. The number of unbranched alkanes of at least 4 members (excludes halogenated alkanes) is 8. The van der Waals surface area contributed by atoms with Crippen molar-refractivity contribution in [2.24, 2.45) is 0 Å². The van der Waals surface area contributed by atoms with Crippen molar-refractivity contribution in [3.05, 3.63) is 113 Å². The molecule has 13 nitrogen and oxygen atoms in total. The Hall–Kier alpha value is -5.95. The van der Waals surface area contributed by atoms with Gasteiger partial charge in [-0.1, -0.05) is 49.4 Å². The monoisotopic (exact) mass is 689 g/mol. The molecule has 0 aliphatic heterocycles. The fourth-order valence-corrected chi connectivity index (χ4v) is 5.74. The number of rotatable bonds is 14. The zero-order valence-electron chi connectivity index (χ0n) is 29.1. The highest BCUT2D eigenvalue weighted by Gasteiger charge is 2.09.